The van der Waals surface area contributed by atoms with E-state index in [0.29, 0.717) is 0 Å². The first-order valence-electron chi connectivity index (χ1n) is 4.24. The van der Waals surface area contributed by atoms with Crippen LogP contribution < -0.4 is 5.32 Å². The Balaban J connectivity index is 2.13. The molecule has 1 aromatic carbocycles. The summed E-state index contributed by atoms with van der Waals surface area (Å²) in [5, 5.41) is 2.71. The van der Waals surface area contributed by atoms with Gasteiger partial charge in [-0.1, -0.05) is 6.07 Å². The van der Waals surface area contributed by atoms with Crippen molar-refractivity contribution >= 4 is 5.91 Å². The molecule has 0 aromatic heterocycles. The molecule has 0 bridgehead atoms. The summed E-state index contributed by atoms with van der Waals surface area (Å²) in [6.07, 6.45) is 2.01. The Morgan fingerprint density at radius 1 is 1.62 bits per heavy atom. The van der Waals surface area contributed by atoms with Gasteiger partial charge < -0.3 is 5.32 Å². The highest BCUT2D eigenvalue weighted by atomic mass is 19.1. The number of hydrogen-bond donors (Lipinski definition) is 1. The van der Waals surface area contributed by atoms with E-state index in [1.165, 1.54) is 18.2 Å². The fraction of sp³-hybridized carbons (Fsp3) is 0.300. The molecule has 0 saturated heterocycles. The molecule has 0 atom stereocenters. The van der Waals surface area contributed by atoms with Crippen LogP contribution in [0.3, 0.4) is 0 Å². The van der Waals surface area contributed by atoms with Gasteiger partial charge in [0, 0.05) is 6.04 Å². The maximum atomic E-state index is 13.0. The average molecular weight is 178 g/mol. The van der Waals surface area contributed by atoms with Crippen molar-refractivity contribution in [1.82, 2.24) is 5.32 Å². The molecule has 0 spiro atoms. The van der Waals surface area contributed by atoms with Crippen molar-refractivity contribution in [2.45, 2.75) is 18.9 Å². The number of carbonyl (C=O) groups excluding carboxylic acids is 1. The van der Waals surface area contributed by atoms with E-state index >= 15 is 0 Å². The van der Waals surface area contributed by atoms with Crippen LogP contribution in [0.15, 0.2) is 18.2 Å². The van der Waals surface area contributed by atoms with E-state index in [0.717, 1.165) is 12.8 Å². The van der Waals surface area contributed by atoms with Gasteiger partial charge in [-0.2, -0.15) is 0 Å². The number of carbonyl (C=O) groups is 1. The maximum absolute atomic E-state index is 13.0. The Labute approximate surface area is 75.8 Å². The summed E-state index contributed by atoms with van der Waals surface area (Å²) in [4.78, 5) is 11.3. The molecule has 0 heterocycles. The second kappa shape index (κ2) is 3.17. The number of rotatable bonds is 2. The highest BCUT2D eigenvalue weighted by molar-refractivity contribution is 5.94. The molecule has 0 unspecified atom stereocenters. The topological polar surface area (TPSA) is 29.1 Å². The lowest BCUT2D eigenvalue weighted by Gasteiger charge is -2.02. The molecule has 3 heteroatoms. The Morgan fingerprint density at radius 2 is 2.38 bits per heavy atom. The number of halogens is 1. The van der Waals surface area contributed by atoms with Crippen LogP contribution in [-0.2, 0) is 0 Å². The van der Waals surface area contributed by atoms with Gasteiger partial charge in [0.25, 0.3) is 5.91 Å². The molecule has 1 amide bonds. The standard InChI is InChI=1S/C10H9FNO/c11-9-4-2-1-3-8(9)10(13)12-7-5-6-7/h2-4,7H,5-6H2,(H,12,13). The van der Waals surface area contributed by atoms with Crippen molar-refractivity contribution in [3.63, 3.8) is 0 Å². The van der Waals surface area contributed by atoms with Crippen LogP contribution in [-0.4, -0.2) is 11.9 Å². The van der Waals surface area contributed by atoms with E-state index in [1.54, 1.807) is 0 Å². The van der Waals surface area contributed by atoms with Gasteiger partial charge in [0.1, 0.15) is 5.82 Å². The van der Waals surface area contributed by atoms with Crippen LogP contribution in [0.1, 0.15) is 23.2 Å². The summed E-state index contributed by atoms with van der Waals surface area (Å²) in [6.45, 7) is 0. The molecule has 2 nitrogen and oxygen atoms in total. The van der Waals surface area contributed by atoms with Crippen molar-refractivity contribution in [3.8, 4) is 0 Å². The SMILES string of the molecule is O=C(NC1CC1)c1c[c]ccc1F. The van der Waals surface area contributed by atoms with Gasteiger partial charge in [0.05, 0.1) is 5.56 Å². The third kappa shape index (κ3) is 1.86. The molecule has 1 aromatic rings. The Bertz CT molecular complexity index is 333. The highest BCUT2D eigenvalue weighted by Crippen LogP contribution is 2.19. The summed E-state index contributed by atoms with van der Waals surface area (Å²) in [6, 6.07) is 6.99. The zero-order valence-electron chi connectivity index (χ0n) is 7.01. The lowest BCUT2D eigenvalue weighted by atomic mass is 10.2. The summed E-state index contributed by atoms with van der Waals surface area (Å²) < 4.78 is 13.0. The monoisotopic (exact) mass is 178 g/mol. The van der Waals surface area contributed by atoms with Crippen LogP contribution >= 0.6 is 0 Å². The quantitative estimate of drug-likeness (QED) is 0.730. The molecule has 0 aliphatic heterocycles. The van der Waals surface area contributed by atoms with Crippen molar-refractivity contribution in [2.75, 3.05) is 0 Å². The number of hydrogen-bond acceptors (Lipinski definition) is 1. The van der Waals surface area contributed by atoms with E-state index in [2.05, 4.69) is 11.4 Å². The Hall–Kier alpha value is -1.38. The molecule has 1 saturated carbocycles. The predicted molar refractivity (Wildman–Crippen MR) is 45.7 cm³/mol. The predicted octanol–water partition coefficient (Wildman–Crippen LogP) is 1.52. The molecular formula is C10H9FNO. The lowest BCUT2D eigenvalue weighted by Crippen LogP contribution is -2.26. The van der Waals surface area contributed by atoms with Crippen LogP contribution in [0.2, 0.25) is 0 Å². The summed E-state index contributed by atoms with van der Waals surface area (Å²) in [5.41, 5.74) is 0.0781. The molecule has 1 aliphatic rings. The first-order chi connectivity index (χ1) is 6.27. The largest absolute Gasteiger partial charge is 0.349 e. The van der Waals surface area contributed by atoms with Gasteiger partial charge in [-0.15, -0.1) is 0 Å². The first-order valence-corrected chi connectivity index (χ1v) is 4.24. The minimum absolute atomic E-state index is 0.0781. The Kier molecular flexibility index (Phi) is 2.00. The van der Waals surface area contributed by atoms with Gasteiger partial charge in [0.15, 0.2) is 0 Å². The maximum Gasteiger partial charge on any atom is 0.254 e. The van der Waals surface area contributed by atoms with E-state index in [-0.39, 0.29) is 17.5 Å². The van der Waals surface area contributed by atoms with Gasteiger partial charge in [-0.05, 0) is 31.0 Å². The molecule has 1 aliphatic carbocycles. The Morgan fingerprint density at radius 3 is 3.00 bits per heavy atom. The molecule has 1 radical (unpaired) electrons. The first kappa shape index (κ1) is 8.23. The van der Waals surface area contributed by atoms with Crippen LogP contribution in [0.5, 0.6) is 0 Å². The van der Waals surface area contributed by atoms with Crippen molar-refractivity contribution < 1.29 is 9.18 Å². The normalized spacial score (nSPS) is 15.5. The van der Waals surface area contributed by atoms with Crippen LogP contribution in [0, 0.1) is 11.9 Å². The molecular weight excluding hydrogens is 169 g/mol. The van der Waals surface area contributed by atoms with E-state index in [4.69, 9.17) is 0 Å². The highest BCUT2D eigenvalue weighted by Gasteiger charge is 2.24. The number of nitrogens with one attached hydrogen (secondary N) is 1. The number of amides is 1. The van der Waals surface area contributed by atoms with Gasteiger partial charge in [0.2, 0.25) is 0 Å². The second-order valence-electron chi connectivity index (χ2n) is 3.15. The smallest absolute Gasteiger partial charge is 0.254 e. The summed E-state index contributed by atoms with van der Waals surface area (Å²) in [5.74, 6) is -0.825. The third-order valence-corrected chi connectivity index (χ3v) is 1.97. The number of benzene rings is 1. The molecule has 2 rings (SSSR count). The average Bonchev–Trinajstić information content (AvgIpc) is 2.89. The molecule has 13 heavy (non-hydrogen) atoms. The molecule has 67 valence electrons. The van der Waals surface area contributed by atoms with Crippen LogP contribution in [0.4, 0.5) is 4.39 Å². The molecule has 1 fully saturated rings. The minimum atomic E-state index is -0.489. The zero-order chi connectivity index (χ0) is 9.26. The van der Waals surface area contributed by atoms with Crippen molar-refractivity contribution in [2.24, 2.45) is 0 Å². The van der Waals surface area contributed by atoms with Gasteiger partial charge in [-0.3, -0.25) is 4.79 Å². The minimum Gasteiger partial charge on any atom is -0.349 e. The lowest BCUT2D eigenvalue weighted by molar-refractivity contribution is 0.0947. The fourth-order valence-corrected chi connectivity index (χ4v) is 1.08. The van der Waals surface area contributed by atoms with E-state index in [9.17, 15) is 9.18 Å². The van der Waals surface area contributed by atoms with Gasteiger partial charge in [-0.25, -0.2) is 4.39 Å². The van der Waals surface area contributed by atoms with Gasteiger partial charge >= 0.3 is 0 Å². The van der Waals surface area contributed by atoms with E-state index in [1.807, 2.05) is 0 Å². The third-order valence-electron chi connectivity index (χ3n) is 1.97. The zero-order valence-corrected chi connectivity index (χ0v) is 7.01. The van der Waals surface area contributed by atoms with Crippen LogP contribution in [0.25, 0.3) is 0 Å². The summed E-state index contributed by atoms with van der Waals surface area (Å²) >= 11 is 0. The van der Waals surface area contributed by atoms with Crippen molar-refractivity contribution in [1.29, 1.82) is 0 Å². The molecule has 1 N–H and O–H groups in total. The summed E-state index contributed by atoms with van der Waals surface area (Å²) in [7, 11) is 0. The second-order valence-corrected chi connectivity index (χ2v) is 3.15. The van der Waals surface area contributed by atoms with E-state index < -0.39 is 5.82 Å². The fourth-order valence-electron chi connectivity index (χ4n) is 1.08. The van der Waals surface area contributed by atoms with Crippen molar-refractivity contribution in [3.05, 3.63) is 35.6 Å².